The first-order valence-corrected chi connectivity index (χ1v) is 8.63. The number of hydrogen-bond donors (Lipinski definition) is 1. The fourth-order valence-corrected chi connectivity index (χ4v) is 2.36. The number of Topliss-reactive ketones (excluding diaryl/α,β-unsaturated/α-hetero) is 1. The first-order chi connectivity index (χ1) is 9.75. The number of ketones is 1. The second-order valence-corrected chi connectivity index (χ2v) is 6.85. The molecule has 0 aliphatic rings. The van der Waals surface area contributed by atoms with Crippen LogP contribution in [0.5, 0.6) is 0 Å². The number of nitrogens with one attached hydrogen (secondary N) is 1. The highest BCUT2D eigenvalue weighted by molar-refractivity contribution is 5.84. The zero-order valence-electron chi connectivity index (χ0n) is 15.3. The quantitative estimate of drug-likeness (QED) is 0.549. The predicted octanol–water partition coefficient (Wildman–Crippen LogP) is 4.20. The summed E-state index contributed by atoms with van der Waals surface area (Å²) < 4.78 is 5.91. The number of rotatable bonds is 12. The molecule has 0 saturated heterocycles. The Morgan fingerprint density at radius 1 is 1.05 bits per heavy atom. The summed E-state index contributed by atoms with van der Waals surface area (Å²) in [6.07, 6.45) is 3.59. The van der Waals surface area contributed by atoms with E-state index in [-0.39, 0.29) is 11.0 Å². The average Bonchev–Trinajstić information content (AvgIpc) is 2.48. The molecule has 1 atom stereocenters. The van der Waals surface area contributed by atoms with Gasteiger partial charge in [0.25, 0.3) is 0 Å². The Labute approximate surface area is 132 Å². The maximum absolute atomic E-state index is 12.4. The lowest BCUT2D eigenvalue weighted by atomic mass is 9.72. The van der Waals surface area contributed by atoms with Crippen LogP contribution >= 0.6 is 0 Å². The third kappa shape index (κ3) is 6.48. The number of carbonyl (C=O) groups excluding carboxylic acids is 1. The van der Waals surface area contributed by atoms with E-state index in [1.54, 1.807) is 0 Å². The molecule has 0 saturated carbocycles. The van der Waals surface area contributed by atoms with Crippen LogP contribution in [-0.2, 0) is 9.53 Å². The smallest absolute Gasteiger partial charge is 0.140 e. The largest absolute Gasteiger partial charge is 0.374 e. The topological polar surface area (TPSA) is 38.3 Å². The second-order valence-electron chi connectivity index (χ2n) is 6.85. The van der Waals surface area contributed by atoms with Crippen LogP contribution in [-0.4, -0.2) is 31.1 Å². The molecule has 0 aromatic rings. The molecule has 0 bridgehead atoms. The Morgan fingerprint density at radius 3 is 2.05 bits per heavy atom. The van der Waals surface area contributed by atoms with Gasteiger partial charge in [0, 0.05) is 24.9 Å². The van der Waals surface area contributed by atoms with Crippen LogP contribution in [0, 0.1) is 11.3 Å². The molecule has 0 aromatic heterocycles. The Balaban J connectivity index is 3.94. The van der Waals surface area contributed by atoms with Crippen LogP contribution in [0.1, 0.15) is 74.1 Å². The highest BCUT2D eigenvalue weighted by atomic mass is 16.5. The average molecular weight is 299 g/mol. The normalized spacial score (nSPS) is 15.2. The van der Waals surface area contributed by atoms with Gasteiger partial charge < -0.3 is 10.1 Å². The maximum Gasteiger partial charge on any atom is 0.140 e. The van der Waals surface area contributed by atoms with Gasteiger partial charge in [-0.15, -0.1) is 0 Å². The molecule has 0 aromatic carbocycles. The van der Waals surface area contributed by atoms with Gasteiger partial charge in [-0.25, -0.2) is 0 Å². The monoisotopic (exact) mass is 299 g/mol. The summed E-state index contributed by atoms with van der Waals surface area (Å²) in [5.74, 6) is 0.772. The summed E-state index contributed by atoms with van der Waals surface area (Å²) in [6.45, 7) is 17.2. The van der Waals surface area contributed by atoms with E-state index in [9.17, 15) is 4.79 Å². The molecule has 1 N–H and O–H groups in total. The lowest BCUT2D eigenvalue weighted by Gasteiger charge is -2.31. The summed E-state index contributed by atoms with van der Waals surface area (Å²) in [6, 6.07) is 0. The molecule has 0 radical (unpaired) electrons. The van der Waals surface area contributed by atoms with E-state index < -0.39 is 0 Å². The molecule has 3 heteroatoms. The van der Waals surface area contributed by atoms with Gasteiger partial charge in [0.2, 0.25) is 0 Å². The molecule has 0 aliphatic heterocycles. The lowest BCUT2D eigenvalue weighted by molar-refractivity contribution is -0.130. The maximum atomic E-state index is 12.4. The van der Waals surface area contributed by atoms with E-state index in [4.69, 9.17) is 4.74 Å². The molecular formula is C18H37NO2. The molecule has 3 nitrogen and oxygen atoms in total. The van der Waals surface area contributed by atoms with Crippen molar-refractivity contribution in [1.29, 1.82) is 0 Å². The third-order valence-corrected chi connectivity index (χ3v) is 5.40. The van der Waals surface area contributed by atoms with E-state index in [0.717, 1.165) is 32.4 Å². The molecule has 0 heterocycles. The Hall–Kier alpha value is -0.410. The van der Waals surface area contributed by atoms with Gasteiger partial charge in [-0.05, 0) is 32.1 Å². The van der Waals surface area contributed by atoms with Crippen molar-refractivity contribution in [2.45, 2.75) is 79.8 Å². The van der Waals surface area contributed by atoms with E-state index in [2.05, 4.69) is 53.8 Å². The summed E-state index contributed by atoms with van der Waals surface area (Å²) in [5.41, 5.74) is -0.183. The van der Waals surface area contributed by atoms with Crippen LogP contribution in [0.3, 0.4) is 0 Å². The molecule has 0 aliphatic carbocycles. The van der Waals surface area contributed by atoms with Crippen molar-refractivity contribution in [3.8, 4) is 0 Å². The zero-order valence-corrected chi connectivity index (χ0v) is 15.3. The van der Waals surface area contributed by atoms with Crippen LogP contribution in [0.15, 0.2) is 0 Å². The molecule has 0 fully saturated rings. The summed E-state index contributed by atoms with van der Waals surface area (Å²) in [7, 11) is 0. The molecule has 0 spiro atoms. The summed E-state index contributed by atoms with van der Waals surface area (Å²) in [4.78, 5) is 12.4. The van der Waals surface area contributed by atoms with Gasteiger partial charge in [-0.1, -0.05) is 41.5 Å². The Kier molecular flexibility index (Phi) is 9.39. The zero-order chi connectivity index (χ0) is 16.5. The fourth-order valence-electron chi connectivity index (χ4n) is 2.36. The highest BCUT2D eigenvalue weighted by Gasteiger charge is 2.33. The number of ether oxygens (including phenoxy) is 1. The number of carbonyl (C=O) groups is 1. The van der Waals surface area contributed by atoms with E-state index in [1.165, 1.54) is 0 Å². The third-order valence-electron chi connectivity index (χ3n) is 5.40. The van der Waals surface area contributed by atoms with Crippen molar-refractivity contribution in [3.63, 3.8) is 0 Å². The predicted molar refractivity (Wildman–Crippen MR) is 90.7 cm³/mol. The molecular weight excluding hydrogens is 262 g/mol. The standard InChI is InChI=1S/C18H37NO2/c1-8-17(6,9-2)21-14-13-19-12-11-16(20)18(7,10-3)15(4)5/h15,19H,8-14H2,1-7H3. The van der Waals surface area contributed by atoms with E-state index in [1.807, 2.05) is 0 Å². The summed E-state index contributed by atoms with van der Waals surface area (Å²) in [5, 5.41) is 3.33. The van der Waals surface area contributed by atoms with Crippen molar-refractivity contribution in [1.82, 2.24) is 5.32 Å². The molecule has 126 valence electrons. The van der Waals surface area contributed by atoms with Crippen LogP contribution in [0.25, 0.3) is 0 Å². The minimum absolute atomic E-state index is 0.00404. The minimum atomic E-state index is -0.179. The second kappa shape index (κ2) is 9.58. The highest BCUT2D eigenvalue weighted by Crippen LogP contribution is 2.32. The Morgan fingerprint density at radius 2 is 1.62 bits per heavy atom. The molecule has 0 amide bonds. The van der Waals surface area contributed by atoms with Crippen molar-refractivity contribution in [3.05, 3.63) is 0 Å². The van der Waals surface area contributed by atoms with Crippen molar-refractivity contribution in [2.75, 3.05) is 19.7 Å². The summed E-state index contributed by atoms with van der Waals surface area (Å²) >= 11 is 0. The lowest BCUT2D eigenvalue weighted by Crippen LogP contribution is -2.35. The van der Waals surface area contributed by atoms with Crippen LogP contribution in [0.4, 0.5) is 0 Å². The number of hydrogen-bond acceptors (Lipinski definition) is 3. The van der Waals surface area contributed by atoms with Gasteiger partial charge in [0.05, 0.1) is 12.2 Å². The van der Waals surface area contributed by atoms with Gasteiger partial charge in [-0.3, -0.25) is 4.79 Å². The van der Waals surface area contributed by atoms with Crippen LogP contribution < -0.4 is 5.32 Å². The van der Waals surface area contributed by atoms with Crippen molar-refractivity contribution < 1.29 is 9.53 Å². The van der Waals surface area contributed by atoms with Gasteiger partial charge in [-0.2, -0.15) is 0 Å². The molecule has 1 unspecified atom stereocenters. The van der Waals surface area contributed by atoms with Gasteiger partial charge >= 0.3 is 0 Å². The first kappa shape index (κ1) is 20.6. The van der Waals surface area contributed by atoms with Crippen LogP contribution in [0.2, 0.25) is 0 Å². The van der Waals surface area contributed by atoms with E-state index in [0.29, 0.717) is 24.7 Å². The molecule has 21 heavy (non-hydrogen) atoms. The molecule has 0 rings (SSSR count). The minimum Gasteiger partial charge on any atom is -0.374 e. The first-order valence-electron chi connectivity index (χ1n) is 8.63. The fraction of sp³-hybridized carbons (Fsp3) is 0.944. The SMILES string of the molecule is CCC(C)(CC)OCCNCCC(=O)C(C)(CC)C(C)C. The van der Waals surface area contributed by atoms with E-state index >= 15 is 0 Å². The Bertz CT molecular complexity index is 298. The van der Waals surface area contributed by atoms with Crippen molar-refractivity contribution in [2.24, 2.45) is 11.3 Å². The van der Waals surface area contributed by atoms with Gasteiger partial charge in [0.15, 0.2) is 0 Å². The van der Waals surface area contributed by atoms with Crippen molar-refractivity contribution >= 4 is 5.78 Å². The van der Waals surface area contributed by atoms with Gasteiger partial charge in [0.1, 0.15) is 5.78 Å².